The molecule has 0 aromatic heterocycles. The van der Waals surface area contributed by atoms with E-state index < -0.39 is 0 Å². The molecule has 2 aliphatic rings. The quantitative estimate of drug-likeness (QED) is 0.855. The minimum atomic E-state index is 0.206. The minimum Gasteiger partial charge on any atom is -0.338 e. The first-order valence-corrected chi connectivity index (χ1v) is 8.79. The summed E-state index contributed by atoms with van der Waals surface area (Å²) in [6, 6.07) is 9.72. The van der Waals surface area contributed by atoms with Gasteiger partial charge in [-0.25, -0.2) is 0 Å². The van der Waals surface area contributed by atoms with Gasteiger partial charge in [-0.15, -0.1) is 0 Å². The van der Waals surface area contributed by atoms with E-state index in [1.807, 2.05) is 30.3 Å². The number of hydrogen-bond acceptors (Lipinski definition) is 2. The van der Waals surface area contributed by atoms with Crippen molar-refractivity contribution in [3.8, 4) is 0 Å². The number of likely N-dealkylation sites (tertiary alicyclic amines) is 2. The van der Waals surface area contributed by atoms with Gasteiger partial charge >= 0.3 is 0 Å². The van der Waals surface area contributed by atoms with Crippen LogP contribution in [0.5, 0.6) is 0 Å². The first kappa shape index (κ1) is 15.5. The number of hydrogen-bond donors (Lipinski definition) is 0. The van der Waals surface area contributed by atoms with Crippen molar-refractivity contribution in [1.29, 1.82) is 0 Å². The molecule has 0 spiro atoms. The molecule has 22 heavy (non-hydrogen) atoms. The fourth-order valence-corrected chi connectivity index (χ4v) is 3.77. The van der Waals surface area contributed by atoms with Gasteiger partial charge in [0.25, 0.3) is 5.91 Å². The van der Waals surface area contributed by atoms with E-state index in [-0.39, 0.29) is 5.91 Å². The van der Waals surface area contributed by atoms with Gasteiger partial charge in [-0.05, 0) is 62.7 Å². The van der Waals surface area contributed by atoms with Gasteiger partial charge in [-0.2, -0.15) is 0 Å². The summed E-state index contributed by atoms with van der Waals surface area (Å²) in [5, 5.41) is 0. The molecule has 3 rings (SSSR count). The maximum atomic E-state index is 12.6. The lowest BCUT2D eigenvalue weighted by Crippen LogP contribution is -2.45. The van der Waals surface area contributed by atoms with Gasteiger partial charge in [0.05, 0.1) is 0 Å². The third kappa shape index (κ3) is 3.89. The molecule has 1 aromatic rings. The third-order valence-corrected chi connectivity index (χ3v) is 5.22. The summed E-state index contributed by atoms with van der Waals surface area (Å²) < 4.78 is 0. The zero-order chi connectivity index (χ0) is 15.4. The van der Waals surface area contributed by atoms with Gasteiger partial charge in [-0.3, -0.25) is 4.79 Å². The van der Waals surface area contributed by atoms with E-state index in [1.165, 1.54) is 38.9 Å². The Morgan fingerprint density at radius 3 is 2.55 bits per heavy atom. The molecule has 0 radical (unpaired) electrons. The molecule has 0 aliphatic carbocycles. The lowest BCUT2D eigenvalue weighted by molar-refractivity contribution is 0.0622. The van der Waals surface area contributed by atoms with Gasteiger partial charge in [0.15, 0.2) is 0 Å². The summed E-state index contributed by atoms with van der Waals surface area (Å²) in [6.45, 7) is 7.86. The Morgan fingerprint density at radius 1 is 1.09 bits per heavy atom. The Labute approximate surface area is 134 Å². The van der Waals surface area contributed by atoms with Crippen molar-refractivity contribution in [3.63, 3.8) is 0 Å². The van der Waals surface area contributed by atoms with Crippen molar-refractivity contribution >= 4 is 5.91 Å². The van der Waals surface area contributed by atoms with Gasteiger partial charge in [0, 0.05) is 25.2 Å². The zero-order valence-electron chi connectivity index (χ0n) is 13.7. The molecule has 2 aliphatic heterocycles. The molecule has 0 N–H and O–H groups in total. The second-order valence-electron chi connectivity index (χ2n) is 7.11. The van der Waals surface area contributed by atoms with E-state index in [0.717, 1.165) is 31.0 Å². The number of rotatable bonds is 3. The largest absolute Gasteiger partial charge is 0.338 e. The normalized spacial score (nSPS) is 24.4. The van der Waals surface area contributed by atoms with Crippen LogP contribution in [0.1, 0.15) is 43.0 Å². The molecule has 2 heterocycles. The molecule has 0 bridgehead atoms. The standard InChI is InChI=1S/C19H28N2O/c1-16-9-12-20(13-10-16)14-17-6-5-11-21(15-17)19(22)18-7-3-2-4-8-18/h2-4,7-8,16-17H,5-6,9-15H2,1H3. The number of piperidine rings is 2. The smallest absolute Gasteiger partial charge is 0.253 e. The summed E-state index contributed by atoms with van der Waals surface area (Å²) in [4.78, 5) is 17.3. The second kappa shape index (κ2) is 7.28. The van der Waals surface area contributed by atoms with Crippen LogP contribution in [0.2, 0.25) is 0 Å². The number of carbonyl (C=O) groups excluding carboxylic acids is 1. The van der Waals surface area contributed by atoms with Crippen LogP contribution in [0.25, 0.3) is 0 Å². The topological polar surface area (TPSA) is 23.6 Å². The van der Waals surface area contributed by atoms with E-state index in [9.17, 15) is 4.79 Å². The van der Waals surface area contributed by atoms with Crippen LogP contribution >= 0.6 is 0 Å². The average molecular weight is 300 g/mol. The van der Waals surface area contributed by atoms with Crippen molar-refractivity contribution in [2.24, 2.45) is 11.8 Å². The molecular formula is C19H28N2O. The van der Waals surface area contributed by atoms with E-state index >= 15 is 0 Å². The van der Waals surface area contributed by atoms with Crippen LogP contribution in [0, 0.1) is 11.8 Å². The Morgan fingerprint density at radius 2 is 1.82 bits per heavy atom. The SMILES string of the molecule is CC1CCN(CC2CCCN(C(=O)c3ccccc3)C2)CC1. The third-order valence-electron chi connectivity index (χ3n) is 5.22. The van der Waals surface area contributed by atoms with Gasteiger partial charge in [-0.1, -0.05) is 25.1 Å². The Kier molecular flexibility index (Phi) is 5.14. The van der Waals surface area contributed by atoms with Gasteiger partial charge < -0.3 is 9.80 Å². The number of benzene rings is 1. The summed E-state index contributed by atoms with van der Waals surface area (Å²) in [7, 11) is 0. The molecule has 1 aromatic carbocycles. The minimum absolute atomic E-state index is 0.206. The highest BCUT2D eigenvalue weighted by molar-refractivity contribution is 5.94. The average Bonchev–Trinajstić information content (AvgIpc) is 2.57. The predicted octanol–water partition coefficient (Wildman–Crippen LogP) is 3.27. The lowest BCUT2D eigenvalue weighted by atomic mass is 9.94. The van der Waals surface area contributed by atoms with Crippen LogP contribution in [-0.2, 0) is 0 Å². The first-order chi connectivity index (χ1) is 10.7. The van der Waals surface area contributed by atoms with E-state index in [2.05, 4.69) is 16.7 Å². The molecule has 2 saturated heterocycles. The van der Waals surface area contributed by atoms with Gasteiger partial charge in [0.1, 0.15) is 0 Å². The monoisotopic (exact) mass is 300 g/mol. The fraction of sp³-hybridized carbons (Fsp3) is 0.632. The molecule has 1 amide bonds. The summed E-state index contributed by atoms with van der Waals surface area (Å²) in [5.41, 5.74) is 0.829. The van der Waals surface area contributed by atoms with Crippen LogP contribution in [0.3, 0.4) is 0 Å². The highest BCUT2D eigenvalue weighted by Gasteiger charge is 2.26. The molecule has 120 valence electrons. The molecule has 0 saturated carbocycles. The van der Waals surface area contributed by atoms with E-state index in [4.69, 9.17) is 0 Å². The van der Waals surface area contributed by atoms with Gasteiger partial charge in [0.2, 0.25) is 0 Å². The number of carbonyl (C=O) groups is 1. The number of amides is 1. The zero-order valence-corrected chi connectivity index (χ0v) is 13.7. The van der Waals surface area contributed by atoms with Crippen LogP contribution in [0.15, 0.2) is 30.3 Å². The second-order valence-corrected chi connectivity index (χ2v) is 7.11. The summed E-state index contributed by atoms with van der Waals surface area (Å²) in [6.07, 6.45) is 5.08. The van der Waals surface area contributed by atoms with Crippen LogP contribution in [-0.4, -0.2) is 48.4 Å². The van der Waals surface area contributed by atoms with Crippen molar-refractivity contribution < 1.29 is 4.79 Å². The fourth-order valence-electron chi connectivity index (χ4n) is 3.77. The van der Waals surface area contributed by atoms with E-state index in [0.29, 0.717) is 5.92 Å². The molecule has 3 heteroatoms. The maximum Gasteiger partial charge on any atom is 0.253 e. The summed E-state index contributed by atoms with van der Waals surface area (Å²) >= 11 is 0. The van der Waals surface area contributed by atoms with Crippen molar-refractivity contribution in [2.75, 3.05) is 32.7 Å². The lowest BCUT2D eigenvalue weighted by Gasteiger charge is -2.37. The highest BCUT2D eigenvalue weighted by atomic mass is 16.2. The van der Waals surface area contributed by atoms with Crippen LogP contribution < -0.4 is 0 Å². The first-order valence-electron chi connectivity index (χ1n) is 8.79. The molecule has 1 atom stereocenters. The molecule has 1 unspecified atom stereocenters. The maximum absolute atomic E-state index is 12.6. The van der Waals surface area contributed by atoms with E-state index in [1.54, 1.807) is 0 Å². The van der Waals surface area contributed by atoms with Crippen molar-refractivity contribution in [2.45, 2.75) is 32.6 Å². The highest BCUT2D eigenvalue weighted by Crippen LogP contribution is 2.22. The Bertz CT molecular complexity index is 479. The summed E-state index contributed by atoms with van der Waals surface area (Å²) in [5.74, 6) is 1.74. The Balaban J connectivity index is 1.54. The Hall–Kier alpha value is -1.35. The molecule has 3 nitrogen and oxygen atoms in total. The number of nitrogens with zero attached hydrogens (tertiary/aromatic N) is 2. The predicted molar refractivity (Wildman–Crippen MR) is 89.9 cm³/mol. The van der Waals surface area contributed by atoms with Crippen molar-refractivity contribution in [3.05, 3.63) is 35.9 Å². The van der Waals surface area contributed by atoms with Crippen molar-refractivity contribution in [1.82, 2.24) is 9.80 Å². The molecular weight excluding hydrogens is 272 g/mol. The van der Waals surface area contributed by atoms with Crippen LogP contribution in [0.4, 0.5) is 0 Å². The molecule has 2 fully saturated rings.